The maximum Gasteiger partial charge on any atom is 0.242 e. The Hall–Kier alpha value is -1.82. The molecule has 1 saturated heterocycles. The molecular formula is C15H22N2O4. The van der Waals surface area contributed by atoms with E-state index in [-0.39, 0.29) is 11.8 Å². The lowest BCUT2D eigenvalue weighted by Gasteiger charge is -2.23. The summed E-state index contributed by atoms with van der Waals surface area (Å²) in [6.07, 6.45) is 3.33. The van der Waals surface area contributed by atoms with Crippen LogP contribution in [-0.2, 0) is 20.9 Å². The molecule has 0 spiro atoms. The zero-order chi connectivity index (χ0) is 15.1. The van der Waals surface area contributed by atoms with Gasteiger partial charge in [0.15, 0.2) is 0 Å². The monoisotopic (exact) mass is 294 g/mol. The Kier molecular flexibility index (Phi) is 5.80. The summed E-state index contributed by atoms with van der Waals surface area (Å²) < 4.78 is 10.5. The second-order valence-electron chi connectivity index (χ2n) is 5.00. The fraction of sp³-hybridized carbons (Fsp3) is 0.600. The van der Waals surface area contributed by atoms with Gasteiger partial charge >= 0.3 is 0 Å². The van der Waals surface area contributed by atoms with E-state index in [4.69, 9.17) is 9.15 Å². The van der Waals surface area contributed by atoms with Crippen LogP contribution in [0.4, 0.5) is 0 Å². The van der Waals surface area contributed by atoms with Gasteiger partial charge in [-0.15, -0.1) is 0 Å². The van der Waals surface area contributed by atoms with E-state index in [1.54, 1.807) is 17.2 Å². The molecule has 0 saturated carbocycles. The Morgan fingerprint density at radius 2 is 2.43 bits per heavy atom. The average Bonchev–Trinajstić information content (AvgIpc) is 3.10. The molecule has 1 fully saturated rings. The molecule has 1 aromatic rings. The molecule has 0 aliphatic carbocycles. The first-order valence-electron chi connectivity index (χ1n) is 7.39. The van der Waals surface area contributed by atoms with E-state index in [1.807, 2.05) is 13.0 Å². The molecule has 0 aromatic carbocycles. The van der Waals surface area contributed by atoms with Crippen LogP contribution >= 0.6 is 0 Å². The van der Waals surface area contributed by atoms with Gasteiger partial charge in [-0.25, -0.2) is 0 Å². The lowest BCUT2D eigenvalue weighted by Crippen LogP contribution is -2.44. The number of hydrogen-bond acceptors (Lipinski definition) is 4. The van der Waals surface area contributed by atoms with Crippen molar-refractivity contribution in [3.8, 4) is 0 Å². The minimum atomic E-state index is -0.394. The highest BCUT2D eigenvalue weighted by Gasteiger charge is 2.36. The highest BCUT2D eigenvalue weighted by atomic mass is 16.5. The van der Waals surface area contributed by atoms with Crippen LogP contribution in [0.5, 0.6) is 0 Å². The van der Waals surface area contributed by atoms with Gasteiger partial charge in [-0.3, -0.25) is 9.59 Å². The number of likely N-dealkylation sites (tertiary alicyclic amines) is 1. The molecule has 0 radical (unpaired) electrons. The van der Waals surface area contributed by atoms with Crippen molar-refractivity contribution in [2.75, 3.05) is 19.8 Å². The minimum absolute atomic E-state index is 0.000802. The molecule has 1 atom stereocenters. The standard InChI is InChI=1S/C15H22N2O4/c1-2-20-9-4-8-16-15(19)13-6-7-14(18)17(13)11-12-5-3-10-21-12/h3,5,10,13H,2,4,6-9,11H2,1H3,(H,16,19)/t13-/m1/s1. The predicted octanol–water partition coefficient (Wildman–Crippen LogP) is 1.31. The van der Waals surface area contributed by atoms with E-state index in [9.17, 15) is 9.59 Å². The Labute approximate surface area is 124 Å². The normalized spacial score (nSPS) is 18.2. The fourth-order valence-corrected chi connectivity index (χ4v) is 2.42. The number of amides is 2. The molecule has 21 heavy (non-hydrogen) atoms. The van der Waals surface area contributed by atoms with Crippen LogP contribution in [0.3, 0.4) is 0 Å². The van der Waals surface area contributed by atoms with Crippen molar-refractivity contribution in [1.82, 2.24) is 10.2 Å². The van der Waals surface area contributed by atoms with Crippen LogP contribution in [0, 0.1) is 0 Å². The van der Waals surface area contributed by atoms with Gasteiger partial charge in [0.2, 0.25) is 11.8 Å². The first kappa shape index (κ1) is 15.6. The van der Waals surface area contributed by atoms with Crippen LogP contribution in [-0.4, -0.2) is 42.5 Å². The quantitative estimate of drug-likeness (QED) is 0.734. The molecule has 2 heterocycles. The molecule has 1 aliphatic rings. The SMILES string of the molecule is CCOCCCNC(=O)[C@H]1CCC(=O)N1Cc1ccco1. The van der Waals surface area contributed by atoms with E-state index in [1.165, 1.54) is 0 Å². The largest absolute Gasteiger partial charge is 0.467 e. The highest BCUT2D eigenvalue weighted by molar-refractivity contribution is 5.90. The van der Waals surface area contributed by atoms with Crippen LogP contribution in [0.25, 0.3) is 0 Å². The second-order valence-corrected chi connectivity index (χ2v) is 5.00. The molecule has 0 unspecified atom stereocenters. The number of nitrogens with zero attached hydrogens (tertiary/aromatic N) is 1. The lowest BCUT2D eigenvalue weighted by molar-refractivity contribution is -0.136. The van der Waals surface area contributed by atoms with Gasteiger partial charge in [-0.1, -0.05) is 0 Å². The smallest absolute Gasteiger partial charge is 0.242 e. The molecular weight excluding hydrogens is 272 g/mol. The molecule has 6 heteroatoms. The van der Waals surface area contributed by atoms with Crippen molar-refractivity contribution in [1.29, 1.82) is 0 Å². The molecule has 1 aliphatic heterocycles. The number of nitrogens with one attached hydrogen (secondary N) is 1. The van der Waals surface area contributed by atoms with Gasteiger partial charge in [0.25, 0.3) is 0 Å². The Morgan fingerprint density at radius 3 is 3.14 bits per heavy atom. The van der Waals surface area contributed by atoms with Crippen molar-refractivity contribution >= 4 is 11.8 Å². The van der Waals surface area contributed by atoms with Crippen LogP contribution in [0.15, 0.2) is 22.8 Å². The second kappa shape index (κ2) is 7.83. The maximum atomic E-state index is 12.2. The third-order valence-electron chi connectivity index (χ3n) is 3.51. The maximum absolute atomic E-state index is 12.2. The van der Waals surface area contributed by atoms with Crippen LogP contribution in [0.2, 0.25) is 0 Å². The van der Waals surface area contributed by atoms with E-state index in [0.717, 1.165) is 6.42 Å². The van der Waals surface area contributed by atoms with E-state index in [2.05, 4.69) is 5.32 Å². The van der Waals surface area contributed by atoms with E-state index < -0.39 is 6.04 Å². The summed E-state index contributed by atoms with van der Waals surface area (Å²) in [5, 5.41) is 2.87. The first-order valence-corrected chi connectivity index (χ1v) is 7.39. The fourth-order valence-electron chi connectivity index (χ4n) is 2.42. The summed E-state index contributed by atoms with van der Waals surface area (Å²) in [6.45, 7) is 4.18. The summed E-state index contributed by atoms with van der Waals surface area (Å²) in [7, 11) is 0. The van der Waals surface area contributed by atoms with Crippen molar-refractivity contribution in [3.63, 3.8) is 0 Å². The number of carbonyl (C=O) groups is 2. The number of ether oxygens (including phenoxy) is 1. The Balaban J connectivity index is 1.82. The van der Waals surface area contributed by atoms with Gasteiger partial charge in [-0.05, 0) is 31.9 Å². The zero-order valence-electron chi connectivity index (χ0n) is 12.3. The van der Waals surface area contributed by atoms with Gasteiger partial charge < -0.3 is 19.4 Å². The third-order valence-corrected chi connectivity index (χ3v) is 3.51. The molecule has 1 N–H and O–H groups in total. The molecule has 1 aromatic heterocycles. The van der Waals surface area contributed by atoms with Gasteiger partial charge in [0.1, 0.15) is 11.8 Å². The van der Waals surface area contributed by atoms with Gasteiger partial charge in [0.05, 0.1) is 12.8 Å². The zero-order valence-corrected chi connectivity index (χ0v) is 12.3. The summed E-state index contributed by atoms with van der Waals surface area (Å²) in [5.41, 5.74) is 0. The number of hydrogen-bond donors (Lipinski definition) is 1. The minimum Gasteiger partial charge on any atom is -0.467 e. The van der Waals surface area contributed by atoms with Gasteiger partial charge in [-0.2, -0.15) is 0 Å². The highest BCUT2D eigenvalue weighted by Crippen LogP contribution is 2.21. The number of carbonyl (C=O) groups excluding carboxylic acids is 2. The van der Waals surface area contributed by atoms with Crippen LogP contribution in [0.1, 0.15) is 31.9 Å². The molecule has 2 amide bonds. The summed E-state index contributed by atoms with van der Waals surface area (Å²) >= 11 is 0. The Bertz CT molecular complexity index is 458. The predicted molar refractivity (Wildman–Crippen MR) is 76.4 cm³/mol. The van der Waals surface area contributed by atoms with E-state index >= 15 is 0 Å². The van der Waals surface area contributed by atoms with Gasteiger partial charge in [0, 0.05) is 26.2 Å². The summed E-state index contributed by atoms with van der Waals surface area (Å²) in [4.78, 5) is 25.7. The van der Waals surface area contributed by atoms with E-state index in [0.29, 0.717) is 44.9 Å². The van der Waals surface area contributed by atoms with Crippen molar-refractivity contribution in [3.05, 3.63) is 24.2 Å². The molecule has 6 nitrogen and oxygen atoms in total. The number of furan rings is 1. The third kappa shape index (κ3) is 4.32. The Morgan fingerprint density at radius 1 is 1.57 bits per heavy atom. The number of rotatable bonds is 8. The summed E-state index contributed by atoms with van der Waals surface area (Å²) in [5.74, 6) is 0.601. The molecule has 2 rings (SSSR count). The summed E-state index contributed by atoms with van der Waals surface area (Å²) in [6, 6.07) is 3.19. The van der Waals surface area contributed by atoms with Crippen LogP contribution < -0.4 is 5.32 Å². The van der Waals surface area contributed by atoms with Crippen molar-refractivity contribution in [2.45, 2.75) is 38.8 Å². The topological polar surface area (TPSA) is 71.8 Å². The van der Waals surface area contributed by atoms with Crippen molar-refractivity contribution < 1.29 is 18.7 Å². The lowest BCUT2D eigenvalue weighted by atomic mass is 10.2. The molecule has 116 valence electrons. The first-order chi connectivity index (χ1) is 10.2. The molecule has 0 bridgehead atoms. The average molecular weight is 294 g/mol. The van der Waals surface area contributed by atoms with Crippen molar-refractivity contribution in [2.24, 2.45) is 0 Å².